The first-order chi connectivity index (χ1) is 3.79. The van der Waals surface area contributed by atoms with E-state index in [1.54, 1.807) is 0 Å². The van der Waals surface area contributed by atoms with E-state index in [4.69, 9.17) is 0 Å². The fraction of sp³-hybridized carbons (Fsp3) is 1.00. The summed E-state index contributed by atoms with van der Waals surface area (Å²) in [7, 11) is 0. The molecule has 0 aromatic carbocycles. The van der Waals surface area contributed by atoms with Gasteiger partial charge in [-0.2, -0.15) is 0 Å². The van der Waals surface area contributed by atoms with Crippen LogP contribution in [0.15, 0.2) is 0 Å². The summed E-state index contributed by atoms with van der Waals surface area (Å²) in [5, 5.41) is 3.54. The zero-order valence-electron chi connectivity index (χ0n) is 5.52. The zero-order chi connectivity index (χ0) is 5.72. The number of fused-ring (bicyclic) bond motifs is 1. The Labute approximate surface area is 50.5 Å². The van der Waals surface area contributed by atoms with Gasteiger partial charge < -0.3 is 5.32 Å². The van der Waals surface area contributed by atoms with Gasteiger partial charge in [-0.3, -0.25) is 0 Å². The molecule has 1 saturated carbocycles. The average Bonchev–Trinajstić information content (AvgIpc) is 2.39. The van der Waals surface area contributed by atoms with Crippen LogP contribution in [0.25, 0.3) is 0 Å². The largest absolute Gasteiger partial charge is 0.311 e. The highest BCUT2D eigenvalue weighted by atomic mass is 15.1. The molecule has 1 N–H and O–H groups in total. The number of piperidine rings is 1. The molecular weight excluding hydrogens is 98.1 g/mol. The maximum atomic E-state index is 3.54. The van der Waals surface area contributed by atoms with Crippen molar-refractivity contribution in [3.8, 4) is 0 Å². The highest BCUT2D eigenvalue weighted by molar-refractivity contribution is 5.05. The quantitative estimate of drug-likeness (QED) is 0.492. The molecule has 1 heterocycles. The van der Waals surface area contributed by atoms with Crippen LogP contribution in [0.1, 0.15) is 20.3 Å². The molecule has 1 heteroatoms. The molecule has 4 atom stereocenters. The minimum absolute atomic E-state index is 0.791. The zero-order valence-corrected chi connectivity index (χ0v) is 5.52. The summed E-state index contributed by atoms with van der Waals surface area (Å²) in [6.45, 7) is 4.64. The molecule has 0 bridgehead atoms. The van der Waals surface area contributed by atoms with Crippen molar-refractivity contribution in [1.82, 2.24) is 5.32 Å². The first kappa shape index (κ1) is 4.80. The standard InChI is InChI=1S/C7H13N/c1-4-5(2)8-7-3-6(4)7/h4-8H,3H2,1-2H3. The Morgan fingerprint density at radius 2 is 2.12 bits per heavy atom. The predicted octanol–water partition coefficient (Wildman–Crippen LogP) is 1.00. The summed E-state index contributed by atoms with van der Waals surface area (Å²) in [6, 6.07) is 1.71. The Morgan fingerprint density at radius 1 is 1.38 bits per heavy atom. The summed E-state index contributed by atoms with van der Waals surface area (Å²) in [5.74, 6) is 1.99. The van der Waals surface area contributed by atoms with E-state index in [2.05, 4.69) is 19.2 Å². The topological polar surface area (TPSA) is 12.0 Å². The second-order valence-electron chi connectivity index (χ2n) is 3.32. The van der Waals surface area contributed by atoms with Crippen molar-refractivity contribution in [1.29, 1.82) is 0 Å². The Balaban J connectivity index is 2.08. The second kappa shape index (κ2) is 1.27. The Kier molecular flexibility index (Phi) is 0.762. The van der Waals surface area contributed by atoms with E-state index >= 15 is 0 Å². The van der Waals surface area contributed by atoms with Crippen LogP contribution in [0.2, 0.25) is 0 Å². The Bertz CT molecular complexity index is 109. The number of hydrogen-bond acceptors (Lipinski definition) is 1. The lowest BCUT2D eigenvalue weighted by molar-refractivity contribution is 0.445. The lowest BCUT2D eigenvalue weighted by Crippen LogP contribution is -2.26. The normalized spacial score (nSPS) is 60.8. The third-order valence-electron chi connectivity index (χ3n) is 2.78. The number of nitrogens with one attached hydrogen (secondary N) is 1. The maximum absolute atomic E-state index is 3.54. The summed E-state index contributed by atoms with van der Waals surface area (Å²) < 4.78 is 0. The monoisotopic (exact) mass is 111 g/mol. The van der Waals surface area contributed by atoms with Gasteiger partial charge in [0.1, 0.15) is 0 Å². The highest BCUT2D eigenvalue weighted by Crippen LogP contribution is 2.44. The van der Waals surface area contributed by atoms with E-state index in [1.807, 2.05) is 0 Å². The van der Waals surface area contributed by atoms with Crippen LogP contribution in [-0.2, 0) is 0 Å². The van der Waals surface area contributed by atoms with E-state index in [9.17, 15) is 0 Å². The first-order valence-corrected chi connectivity index (χ1v) is 3.55. The molecule has 0 spiro atoms. The van der Waals surface area contributed by atoms with Gasteiger partial charge in [0.2, 0.25) is 0 Å². The molecule has 0 aromatic rings. The average molecular weight is 111 g/mol. The van der Waals surface area contributed by atoms with Crippen LogP contribution < -0.4 is 5.32 Å². The second-order valence-corrected chi connectivity index (χ2v) is 3.32. The van der Waals surface area contributed by atoms with E-state index in [0.717, 1.165) is 23.9 Å². The lowest BCUT2D eigenvalue weighted by Gasteiger charge is -2.11. The van der Waals surface area contributed by atoms with Gasteiger partial charge in [-0.1, -0.05) is 6.92 Å². The first-order valence-electron chi connectivity index (χ1n) is 3.55. The number of rotatable bonds is 0. The molecule has 1 nitrogen and oxygen atoms in total. The van der Waals surface area contributed by atoms with Crippen LogP contribution in [0.5, 0.6) is 0 Å². The van der Waals surface area contributed by atoms with Gasteiger partial charge in [0.15, 0.2) is 0 Å². The van der Waals surface area contributed by atoms with Crippen LogP contribution in [0.4, 0.5) is 0 Å². The summed E-state index contributed by atoms with van der Waals surface area (Å²) in [6.07, 6.45) is 1.45. The van der Waals surface area contributed by atoms with Gasteiger partial charge in [0.05, 0.1) is 0 Å². The molecule has 0 amide bonds. The molecule has 8 heavy (non-hydrogen) atoms. The molecule has 2 aliphatic rings. The molecule has 0 aromatic heterocycles. The van der Waals surface area contributed by atoms with Crippen molar-refractivity contribution in [2.75, 3.05) is 0 Å². The van der Waals surface area contributed by atoms with Crippen molar-refractivity contribution < 1.29 is 0 Å². The number of hydrogen-bond donors (Lipinski definition) is 1. The van der Waals surface area contributed by atoms with Gasteiger partial charge in [-0.15, -0.1) is 0 Å². The summed E-state index contributed by atoms with van der Waals surface area (Å²) in [4.78, 5) is 0. The van der Waals surface area contributed by atoms with Gasteiger partial charge in [0, 0.05) is 12.1 Å². The van der Waals surface area contributed by atoms with E-state index < -0.39 is 0 Å². The van der Waals surface area contributed by atoms with Crippen LogP contribution in [0, 0.1) is 11.8 Å². The van der Waals surface area contributed by atoms with Crippen molar-refractivity contribution in [3.63, 3.8) is 0 Å². The smallest absolute Gasteiger partial charge is 0.0105 e. The Morgan fingerprint density at radius 3 is 2.38 bits per heavy atom. The molecule has 0 radical (unpaired) electrons. The molecule has 2 rings (SSSR count). The van der Waals surface area contributed by atoms with Crippen LogP contribution in [-0.4, -0.2) is 12.1 Å². The van der Waals surface area contributed by atoms with Crippen LogP contribution >= 0.6 is 0 Å². The lowest BCUT2D eigenvalue weighted by atomic mass is 10.0. The maximum Gasteiger partial charge on any atom is 0.0105 e. The third-order valence-corrected chi connectivity index (χ3v) is 2.78. The fourth-order valence-electron chi connectivity index (χ4n) is 1.85. The van der Waals surface area contributed by atoms with Crippen LogP contribution in [0.3, 0.4) is 0 Å². The van der Waals surface area contributed by atoms with E-state index in [1.165, 1.54) is 6.42 Å². The minimum atomic E-state index is 0.791. The van der Waals surface area contributed by atoms with Gasteiger partial charge >= 0.3 is 0 Å². The molecule has 46 valence electrons. The third kappa shape index (κ3) is 0.455. The molecular formula is C7H13N. The molecule has 2 fully saturated rings. The minimum Gasteiger partial charge on any atom is -0.311 e. The van der Waals surface area contributed by atoms with Gasteiger partial charge in [-0.05, 0) is 25.2 Å². The van der Waals surface area contributed by atoms with Crippen molar-refractivity contribution in [3.05, 3.63) is 0 Å². The Hall–Kier alpha value is -0.0400. The molecule has 1 aliphatic heterocycles. The molecule has 4 unspecified atom stereocenters. The van der Waals surface area contributed by atoms with Crippen molar-refractivity contribution in [2.24, 2.45) is 11.8 Å². The molecule has 1 aliphatic carbocycles. The summed E-state index contributed by atoms with van der Waals surface area (Å²) >= 11 is 0. The van der Waals surface area contributed by atoms with Crippen molar-refractivity contribution in [2.45, 2.75) is 32.4 Å². The van der Waals surface area contributed by atoms with Gasteiger partial charge in [0.25, 0.3) is 0 Å². The van der Waals surface area contributed by atoms with E-state index in [0.29, 0.717) is 0 Å². The SMILES string of the molecule is CC1NC2CC2C1C. The summed E-state index contributed by atoms with van der Waals surface area (Å²) in [5.41, 5.74) is 0. The van der Waals surface area contributed by atoms with Crippen molar-refractivity contribution >= 4 is 0 Å². The van der Waals surface area contributed by atoms with E-state index in [-0.39, 0.29) is 0 Å². The highest BCUT2D eigenvalue weighted by Gasteiger charge is 2.49. The predicted molar refractivity (Wildman–Crippen MR) is 33.7 cm³/mol. The molecule has 1 saturated heterocycles. The fourth-order valence-corrected chi connectivity index (χ4v) is 1.85. The van der Waals surface area contributed by atoms with Gasteiger partial charge in [-0.25, -0.2) is 0 Å².